The number of nitro benzene ring substituents is 1. The number of hydrogen-bond acceptors (Lipinski definition) is 5. The molecule has 0 spiro atoms. The Morgan fingerprint density at radius 2 is 2.08 bits per heavy atom. The van der Waals surface area contributed by atoms with Crippen LogP contribution in [0.1, 0.15) is 26.7 Å². The zero-order valence-electron chi connectivity index (χ0n) is 15.3. The second kappa shape index (κ2) is 8.01. The number of non-ortho nitro benzene ring substituents is 1. The predicted octanol–water partition coefficient (Wildman–Crippen LogP) is 2.70. The molecule has 8 heteroatoms. The second-order valence-corrected chi connectivity index (χ2v) is 7.20. The van der Waals surface area contributed by atoms with Crippen LogP contribution in [0.5, 0.6) is 0 Å². The first-order valence-corrected chi connectivity index (χ1v) is 9.12. The highest BCUT2D eigenvalue weighted by Crippen LogP contribution is 2.23. The maximum absolute atomic E-state index is 12.7. The van der Waals surface area contributed by atoms with Crippen LogP contribution in [0.3, 0.4) is 0 Å². The standard InChI is InChI=1S/C18H26N4O4/c1-13-10-20(11-14(2)26-13)12-17-7-4-8-21(17)18(23)19-15-5-3-6-16(9-15)22(24)25/h3,5-6,9,13-14,17H,4,7-8,10-12H2,1-2H3,(H,19,23)/t13-,14+,17-/m0/s1. The molecular weight excluding hydrogens is 336 g/mol. The molecule has 2 saturated heterocycles. The molecule has 142 valence electrons. The third-order valence-corrected chi connectivity index (χ3v) is 4.91. The SMILES string of the molecule is C[C@@H]1CN(C[C@@H]2CCCN2C(=O)Nc2cccc([N+](=O)[O-])c2)C[C@H](C)O1. The summed E-state index contributed by atoms with van der Waals surface area (Å²) in [6, 6.07) is 6.00. The van der Waals surface area contributed by atoms with Crippen LogP contribution < -0.4 is 5.32 Å². The zero-order chi connectivity index (χ0) is 18.7. The van der Waals surface area contributed by atoms with Crippen LogP contribution in [-0.4, -0.2) is 65.2 Å². The van der Waals surface area contributed by atoms with Crippen LogP contribution in [0.15, 0.2) is 24.3 Å². The van der Waals surface area contributed by atoms with Crippen molar-refractivity contribution in [2.24, 2.45) is 0 Å². The summed E-state index contributed by atoms with van der Waals surface area (Å²) < 4.78 is 5.78. The van der Waals surface area contributed by atoms with E-state index in [1.807, 2.05) is 4.90 Å². The summed E-state index contributed by atoms with van der Waals surface area (Å²) in [4.78, 5) is 27.3. The van der Waals surface area contributed by atoms with E-state index in [0.29, 0.717) is 12.2 Å². The number of nitro groups is 1. The van der Waals surface area contributed by atoms with Crippen molar-refractivity contribution < 1.29 is 14.5 Å². The first-order valence-electron chi connectivity index (χ1n) is 9.12. The summed E-state index contributed by atoms with van der Waals surface area (Å²) in [6.45, 7) is 7.44. The Hall–Kier alpha value is -2.19. The van der Waals surface area contributed by atoms with E-state index in [-0.39, 0.29) is 30.0 Å². The average Bonchev–Trinajstić information content (AvgIpc) is 3.02. The summed E-state index contributed by atoms with van der Waals surface area (Å²) in [5.74, 6) is 0. The number of nitrogens with zero attached hydrogens (tertiary/aromatic N) is 3. The minimum Gasteiger partial charge on any atom is -0.373 e. The van der Waals surface area contributed by atoms with Crippen LogP contribution >= 0.6 is 0 Å². The minimum absolute atomic E-state index is 0.0305. The number of ether oxygens (including phenoxy) is 1. The van der Waals surface area contributed by atoms with E-state index in [4.69, 9.17) is 4.74 Å². The molecule has 26 heavy (non-hydrogen) atoms. The van der Waals surface area contributed by atoms with E-state index < -0.39 is 4.92 Å². The fourth-order valence-corrected chi connectivity index (χ4v) is 3.92. The van der Waals surface area contributed by atoms with Crippen molar-refractivity contribution in [2.45, 2.75) is 44.9 Å². The normalized spacial score (nSPS) is 26.7. The highest BCUT2D eigenvalue weighted by Gasteiger charge is 2.32. The van der Waals surface area contributed by atoms with Crippen LogP contribution in [0.25, 0.3) is 0 Å². The van der Waals surface area contributed by atoms with Crippen molar-refractivity contribution in [1.29, 1.82) is 0 Å². The number of anilines is 1. The number of morpholine rings is 1. The molecule has 0 bridgehead atoms. The smallest absolute Gasteiger partial charge is 0.322 e. The largest absolute Gasteiger partial charge is 0.373 e. The number of likely N-dealkylation sites (tertiary alicyclic amines) is 1. The lowest BCUT2D eigenvalue weighted by Gasteiger charge is -2.38. The molecule has 1 aromatic rings. The van der Waals surface area contributed by atoms with Gasteiger partial charge in [0.15, 0.2) is 0 Å². The van der Waals surface area contributed by atoms with Gasteiger partial charge >= 0.3 is 6.03 Å². The number of benzene rings is 1. The van der Waals surface area contributed by atoms with Gasteiger partial charge in [0.25, 0.3) is 5.69 Å². The van der Waals surface area contributed by atoms with Gasteiger partial charge in [-0.1, -0.05) is 6.07 Å². The molecule has 0 radical (unpaired) electrons. The van der Waals surface area contributed by atoms with E-state index in [9.17, 15) is 14.9 Å². The monoisotopic (exact) mass is 362 g/mol. The Bertz CT molecular complexity index is 658. The Balaban J connectivity index is 1.61. The lowest BCUT2D eigenvalue weighted by Crippen LogP contribution is -2.51. The fraction of sp³-hybridized carbons (Fsp3) is 0.611. The van der Waals surface area contributed by atoms with Crippen LogP contribution in [0.4, 0.5) is 16.2 Å². The van der Waals surface area contributed by atoms with Crippen LogP contribution in [-0.2, 0) is 4.74 Å². The number of hydrogen-bond donors (Lipinski definition) is 1. The van der Waals surface area contributed by atoms with E-state index in [0.717, 1.165) is 32.5 Å². The lowest BCUT2D eigenvalue weighted by atomic mass is 10.1. The molecule has 0 unspecified atom stereocenters. The average molecular weight is 362 g/mol. The topological polar surface area (TPSA) is 88.0 Å². The Labute approximate surface area is 153 Å². The van der Waals surface area contributed by atoms with Gasteiger partial charge in [0.2, 0.25) is 0 Å². The maximum Gasteiger partial charge on any atom is 0.322 e. The molecule has 1 N–H and O–H groups in total. The number of rotatable bonds is 4. The Morgan fingerprint density at radius 3 is 2.77 bits per heavy atom. The highest BCUT2D eigenvalue weighted by molar-refractivity contribution is 5.90. The molecule has 8 nitrogen and oxygen atoms in total. The number of carbonyl (C=O) groups excluding carboxylic acids is 1. The summed E-state index contributed by atoms with van der Waals surface area (Å²) in [5.41, 5.74) is 0.417. The van der Waals surface area contributed by atoms with Crippen molar-refractivity contribution in [3.8, 4) is 0 Å². The van der Waals surface area contributed by atoms with Crippen molar-refractivity contribution in [3.63, 3.8) is 0 Å². The molecule has 2 aliphatic heterocycles. The molecular formula is C18H26N4O4. The molecule has 2 amide bonds. The third-order valence-electron chi connectivity index (χ3n) is 4.91. The van der Waals surface area contributed by atoms with Gasteiger partial charge < -0.3 is 15.0 Å². The van der Waals surface area contributed by atoms with Crippen molar-refractivity contribution >= 4 is 17.4 Å². The molecule has 3 atom stereocenters. The summed E-state index contributed by atoms with van der Waals surface area (Å²) in [7, 11) is 0. The van der Waals surface area contributed by atoms with Crippen molar-refractivity contribution in [2.75, 3.05) is 31.5 Å². The number of carbonyl (C=O) groups is 1. The van der Waals surface area contributed by atoms with Crippen LogP contribution in [0.2, 0.25) is 0 Å². The molecule has 0 saturated carbocycles. The number of nitrogens with one attached hydrogen (secondary N) is 1. The van der Waals surface area contributed by atoms with Gasteiger partial charge in [0, 0.05) is 50.0 Å². The summed E-state index contributed by atoms with van der Waals surface area (Å²) in [6.07, 6.45) is 2.35. The van der Waals surface area contributed by atoms with Gasteiger partial charge in [-0.25, -0.2) is 4.79 Å². The molecule has 2 fully saturated rings. The zero-order valence-corrected chi connectivity index (χ0v) is 15.3. The van der Waals surface area contributed by atoms with Gasteiger partial charge in [0.1, 0.15) is 0 Å². The van der Waals surface area contributed by atoms with Crippen LogP contribution in [0, 0.1) is 10.1 Å². The number of urea groups is 1. The van der Waals surface area contributed by atoms with Gasteiger partial charge in [-0.3, -0.25) is 15.0 Å². The van der Waals surface area contributed by atoms with Crippen molar-refractivity contribution in [1.82, 2.24) is 9.80 Å². The fourth-order valence-electron chi connectivity index (χ4n) is 3.92. The Morgan fingerprint density at radius 1 is 1.35 bits per heavy atom. The van der Waals surface area contributed by atoms with E-state index >= 15 is 0 Å². The summed E-state index contributed by atoms with van der Waals surface area (Å²) >= 11 is 0. The van der Waals surface area contributed by atoms with Crippen molar-refractivity contribution in [3.05, 3.63) is 34.4 Å². The van der Waals surface area contributed by atoms with Gasteiger partial charge in [-0.05, 0) is 32.8 Å². The van der Waals surface area contributed by atoms with Gasteiger partial charge in [-0.15, -0.1) is 0 Å². The molecule has 1 aromatic carbocycles. The van der Waals surface area contributed by atoms with E-state index in [1.165, 1.54) is 12.1 Å². The van der Waals surface area contributed by atoms with E-state index in [1.54, 1.807) is 12.1 Å². The predicted molar refractivity (Wildman–Crippen MR) is 98.3 cm³/mol. The summed E-state index contributed by atoms with van der Waals surface area (Å²) in [5, 5.41) is 13.7. The molecule has 0 aliphatic carbocycles. The molecule has 2 heterocycles. The highest BCUT2D eigenvalue weighted by atomic mass is 16.6. The molecule has 2 aliphatic rings. The quantitative estimate of drug-likeness (QED) is 0.657. The number of amides is 2. The molecule has 3 rings (SSSR count). The van der Waals surface area contributed by atoms with Gasteiger partial charge in [0.05, 0.1) is 17.1 Å². The van der Waals surface area contributed by atoms with Gasteiger partial charge in [-0.2, -0.15) is 0 Å². The second-order valence-electron chi connectivity index (χ2n) is 7.20. The van der Waals surface area contributed by atoms with E-state index in [2.05, 4.69) is 24.1 Å². The molecule has 0 aromatic heterocycles. The Kier molecular flexibility index (Phi) is 5.73. The lowest BCUT2D eigenvalue weighted by molar-refractivity contribution is -0.384. The minimum atomic E-state index is -0.463. The maximum atomic E-state index is 12.7. The third kappa shape index (κ3) is 4.50. The first kappa shape index (κ1) is 18.6. The first-order chi connectivity index (χ1) is 12.4.